The van der Waals surface area contributed by atoms with Crippen LogP contribution in [0, 0.1) is 5.82 Å². The fourth-order valence-electron chi connectivity index (χ4n) is 2.57. The molecule has 23 heavy (non-hydrogen) atoms. The first kappa shape index (κ1) is 15.7. The lowest BCUT2D eigenvalue weighted by Crippen LogP contribution is -2.27. The van der Waals surface area contributed by atoms with E-state index in [4.69, 9.17) is 0 Å². The molecule has 5 heteroatoms. The molecule has 1 amide bonds. The topological polar surface area (TPSA) is 44.9 Å². The summed E-state index contributed by atoms with van der Waals surface area (Å²) in [5, 5.41) is 3.77. The van der Waals surface area contributed by atoms with Gasteiger partial charge in [0.2, 0.25) is 5.91 Å². The van der Waals surface area contributed by atoms with Crippen molar-refractivity contribution in [1.29, 1.82) is 0 Å². The van der Waals surface area contributed by atoms with Gasteiger partial charge in [-0.2, -0.15) is 0 Å². The Morgan fingerprint density at radius 2 is 2.00 bits per heavy atom. The fourth-order valence-corrected chi connectivity index (χ4v) is 3.00. The molecule has 0 atom stereocenters. The van der Waals surface area contributed by atoms with E-state index in [1.807, 2.05) is 30.5 Å². The molecule has 3 nitrogen and oxygen atoms in total. The zero-order chi connectivity index (χ0) is 16.2. The Morgan fingerprint density at radius 3 is 2.83 bits per heavy atom. The van der Waals surface area contributed by atoms with Gasteiger partial charge in [0.15, 0.2) is 0 Å². The second-order valence-electron chi connectivity index (χ2n) is 5.37. The van der Waals surface area contributed by atoms with Crippen LogP contribution in [-0.2, 0) is 17.6 Å². The molecular formula is C18H16BrFN2O. The van der Waals surface area contributed by atoms with Crippen LogP contribution in [-0.4, -0.2) is 17.4 Å². The van der Waals surface area contributed by atoms with Gasteiger partial charge in [0.25, 0.3) is 0 Å². The molecule has 0 aliphatic heterocycles. The summed E-state index contributed by atoms with van der Waals surface area (Å²) in [6.45, 7) is 0.521. The third kappa shape index (κ3) is 3.79. The largest absolute Gasteiger partial charge is 0.361 e. The van der Waals surface area contributed by atoms with Crippen molar-refractivity contribution in [3.63, 3.8) is 0 Å². The third-order valence-corrected chi connectivity index (χ3v) is 4.53. The van der Waals surface area contributed by atoms with Crippen LogP contribution < -0.4 is 5.32 Å². The molecule has 0 aliphatic rings. The van der Waals surface area contributed by atoms with Crippen molar-refractivity contribution in [2.75, 3.05) is 6.54 Å². The molecule has 0 saturated carbocycles. The van der Waals surface area contributed by atoms with E-state index in [0.717, 1.165) is 26.5 Å². The monoisotopic (exact) mass is 374 g/mol. The maximum Gasteiger partial charge on any atom is 0.224 e. The van der Waals surface area contributed by atoms with Gasteiger partial charge in [-0.1, -0.05) is 34.1 Å². The number of rotatable bonds is 5. The van der Waals surface area contributed by atoms with E-state index in [2.05, 4.69) is 26.2 Å². The number of carbonyl (C=O) groups excluding carboxylic acids is 1. The summed E-state index contributed by atoms with van der Waals surface area (Å²) in [6.07, 6.45) is 2.86. The number of carbonyl (C=O) groups is 1. The van der Waals surface area contributed by atoms with E-state index in [9.17, 15) is 9.18 Å². The molecule has 0 unspecified atom stereocenters. The summed E-state index contributed by atoms with van der Waals surface area (Å²) in [4.78, 5) is 15.1. The summed E-state index contributed by atoms with van der Waals surface area (Å²) >= 11 is 3.44. The van der Waals surface area contributed by atoms with Gasteiger partial charge < -0.3 is 10.3 Å². The van der Waals surface area contributed by atoms with Crippen LogP contribution in [0.2, 0.25) is 0 Å². The van der Waals surface area contributed by atoms with Gasteiger partial charge >= 0.3 is 0 Å². The first-order valence-corrected chi connectivity index (χ1v) is 8.18. The average Bonchev–Trinajstić information content (AvgIpc) is 2.92. The van der Waals surface area contributed by atoms with Crippen molar-refractivity contribution in [2.24, 2.45) is 0 Å². The molecule has 0 radical (unpaired) electrons. The first-order valence-electron chi connectivity index (χ1n) is 7.39. The predicted octanol–water partition coefficient (Wildman–Crippen LogP) is 3.97. The highest BCUT2D eigenvalue weighted by molar-refractivity contribution is 9.10. The van der Waals surface area contributed by atoms with Crippen LogP contribution in [0.15, 0.2) is 53.1 Å². The number of nitrogens with one attached hydrogen (secondary N) is 2. The van der Waals surface area contributed by atoms with Crippen molar-refractivity contribution in [2.45, 2.75) is 12.8 Å². The Bertz CT molecular complexity index is 844. The van der Waals surface area contributed by atoms with E-state index in [1.54, 1.807) is 6.07 Å². The molecule has 118 valence electrons. The summed E-state index contributed by atoms with van der Waals surface area (Å²) < 4.78 is 14.3. The van der Waals surface area contributed by atoms with Crippen molar-refractivity contribution < 1.29 is 9.18 Å². The lowest BCUT2D eigenvalue weighted by atomic mass is 10.1. The molecule has 0 fully saturated rings. The van der Waals surface area contributed by atoms with E-state index in [1.165, 1.54) is 12.1 Å². The predicted molar refractivity (Wildman–Crippen MR) is 92.8 cm³/mol. The van der Waals surface area contributed by atoms with Crippen molar-refractivity contribution in [3.05, 3.63) is 70.1 Å². The highest BCUT2D eigenvalue weighted by Gasteiger charge is 2.08. The fraction of sp³-hybridized carbons (Fsp3) is 0.167. The minimum atomic E-state index is -0.253. The first-order chi connectivity index (χ1) is 11.1. The molecule has 0 aliphatic carbocycles. The van der Waals surface area contributed by atoms with E-state index in [-0.39, 0.29) is 11.7 Å². The van der Waals surface area contributed by atoms with Crippen LogP contribution in [0.1, 0.15) is 11.1 Å². The average molecular weight is 375 g/mol. The van der Waals surface area contributed by atoms with Gasteiger partial charge in [-0.25, -0.2) is 4.39 Å². The Hall–Kier alpha value is -2.14. The molecule has 0 spiro atoms. The van der Waals surface area contributed by atoms with Crippen LogP contribution >= 0.6 is 15.9 Å². The third-order valence-electron chi connectivity index (χ3n) is 3.75. The molecule has 0 saturated heterocycles. The second-order valence-corrected chi connectivity index (χ2v) is 6.23. The van der Waals surface area contributed by atoms with E-state index >= 15 is 0 Å². The summed E-state index contributed by atoms with van der Waals surface area (Å²) in [5.41, 5.74) is 2.86. The number of amides is 1. The maximum atomic E-state index is 13.3. The van der Waals surface area contributed by atoms with Crippen molar-refractivity contribution >= 4 is 32.7 Å². The zero-order valence-corrected chi connectivity index (χ0v) is 14.0. The number of aromatic nitrogens is 1. The van der Waals surface area contributed by atoms with E-state index < -0.39 is 0 Å². The van der Waals surface area contributed by atoms with Crippen LogP contribution in [0.5, 0.6) is 0 Å². The Kier molecular flexibility index (Phi) is 4.76. The van der Waals surface area contributed by atoms with Gasteiger partial charge in [-0.15, -0.1) is 0 Å². The second kappa shape index (κ2) is 6.96. The normalized spacial score (nSPS) is 10.9. The quantitative estimate of drug-likeness (QED) is 0.697. The number of H-pyrrole nitrogens is 1. The molecule has 1 aromatic heterocycles. The zero-order valence-electron chi connectivity index (χ0n) is 12.4. The van der Waals surface area contributed by atoms with Gasteiger partial charge in [0.05, 0.1) is 6.42 Å². The van der Waals surface area contributed by atoms with Gasteiger partial charge in [0, 0.05) is 28.1 Å². The standard InChI is InChI=1S/C18H16BrFN2O/c19-16-4-2-1-3-12(16)9-18(23)21-8-7-13-11-22-17-6-5-14(20)10-15(13)17/h1-6,10-11,22H,7-9H2,(H,21,23). The Labute approximate surface area is 142 Å². The molecule has 3 rings (SSSR count). The molecule has 0 bridgehead atoms. The minimum Gasteiger partial charge on any atom is -0.361 e. The minimum absolute atomic E-state index is 0.0251. The number of aromatic amines is 1. The van der Waals surface area contributed by atoms with Gasteiger partial charge in [-0.05, 0) is 41.8 Å². The van der Waals surface area contributed by atoms with Crippen LogP contribution in [0.4, 0.5) is 4.39 Å². The molecule has 2 aromatic carbocycles. The molecular weight excluding hydrogens is 359 g/mol. The van der Waals surface area contributed by atoms with Crippen molar-refractivity contribution in [3.8, 4) is 0 Å². The molecule has 2 N–H and O–H groups in total. The SMILES string of the molecule is O=C(Cc1ccccc1Br)NCCc1c[nH]c2ccc(F)cc12. The van der Waals surface area contributed by atoms with E-state index in [0.29, 0.717) is 19.4 Å². The summed E-state index contributed by atoms with van der Waals surface area (Å²) in [6, 6.07) is 12.3. The van der Waals surface area contributed by atoms with Crippen LogP contribution in [0.25, 0.3) is 10.9 Å². The number of fused-ring (bicyclic) bond motifs is 1. The van der Waals surface area contributed by atoms with Crippen molar-refractivity contribution in [1.82, 2.24) is 10.3 Å². The number of hydrogen-bond donors (Lipinski definition) is 2. The Morgan fingerprint density at radius 1 is 1.17 bits per heavy atom. The Balaban J connectivity index is 1.57. The highest BCUT2D eigenvalue weighted by atomic mass is 79.9. The number of benzene rings is 2. The molecule has 3 aromatic rings. The highest BCUT2D eigenvalue weighted by Crippen LogP contribution is 2.19. The lowest BCUT2D eigenvalue weighted by molar-refractivity contribution is -0.120. The van der Waals surface area contributed by atoms with Gasteiger partial charge in [0.1, 0.15) is 5.82 Å². The lowest BCUT2D eigenvalue weighted by Gasteiger charge is -2.06. The van der Waals surface area contributed by atoms with Gasteiger partial charge in [-0.3, -0.25) is 4.79 Å². The molecule has 1 heterocycles. The maximum absolute atomic E-state index is 13.3. The number of halogens is 2. The van der Waals surface area contributed by atoms with Crippen LogP contribution in [0.3, 0.4) is 0 Å². The number of hydrogen-bond acceptors (Lipinski definition) is 1. The summed E-state index contributed by atoms with van der Waals surface area (Å²) in [5.74, 6) is -0.278. The smallest absolute Gasteiger partial charge is 0.224 e. The summed E-state index contributed by atoms with van der Waals surface area (Å²) in [7, 11) is 0.